The minimum absolute atomic E-state index is 0.320. The number of hydrogen-bond acceptors (Lipinski definition) is 3. The van der Waals surface area contributed by atoms with Gasteiger partial charge in [0.2, 0.25) is 0 Å². The van der Waals surface area contributed by atoms with Crippen molar-refractivity contribution in [3.8, 4) is 0 Å². The van der Waals surface area contributed by atoms with E-state index in [0.29, 0.717) is 18.3 Å². The maximum absolute atomic E-state index is 11.5. The smallest absolute Gasteiger partial charge is 0.412 e. The molecule has 0 aliphatic carbocycles. The van der Waals surface area contributed by atoms with Crippen LogP contribution in [0, 0.1) is 5.92 Å². The summed E-state index contributed by atoms with van der Waals surface area (Å²) in [4.78, 5) is 15.6. The zero-order valence-electron chi connectivity index (χ0n) is 10.5. The van der Waals surface area contributed by atoms with Gasteiger partial charge < -0.3 is 4.74 Å². The first-order valence-electron chi connectivity index (χ1n) is 5.94. The van der Waals surface area contributed by atoms with E-state index in [0.717, 1.165) is 10.8 Å². The molecule has 94 valence electrons. The van der Waals surface area contributed by atoms with Crippen LogP contribution in [0.5, 0.6) is 0 Å². The molecule has 1 aromatic heterocycles. The number of benzene rings is 1. The second kappa shape index (κ2) is 5.49. The predicted molar refractivity (Wildman–Crippen MR) is 71.6 cm³/mol. The Morgan fingerprint density at radius 1 is 1.33 bits per heavy atom. The Balaban J connectivity index is 2.05. The summed E-state index contributed by atoms with van der Waals surface area (Å²) < 4.78 is 5.03. The lowest BCUT2D eigenvalue weighted by atomic mass is 10.2. The molecule has 18 heavy (non-hydrogen) atoms. The van der Waals surface area contributed by atoms with Crippen molar-refractivity contribution in [2.45, 2.75) is 13.8 Å². The van der Waals surface area contributed by atoms with Gasteiger partial charge in [0, 0.05) is 11.6 Å². The molecule has 0 saturated heterocycles. The van der Waals surface area contributed by atoms with E-state index in [1.807, 2.05) is 44.2 Å². The molecule has 1 amide bonds. The predicted octanol–water partition coefficient (Wildman–Crippen LogP) is 3.44. The molecule has 2 aromatic rings. The van der Waals surface area contributed by atoms with E-state index in [1.165, 1.54) is 0 Å². The molecule has 0 radical (unpaired) electrons. The third kappa shape index (κ3) is 3.20. The van der Waals surface area contributed by atoms with E-state index in [9.17, 15) is 4.79 Å². The maximum Gasteiger partial charge on any atom is 0.412 e. The molecule has 4 heteroatoms. The minimum atomic E-state index is -0.466. The number of carbonyl (C=O) groups is 1. The molecule has 1 heterocycles. The van der Waals surface area contributed by atoms with Gasteiger partial charge in [-0.2, -0.15) is 0 Å². The van der Waals surface area contributed by atoms with Crippen LogP contribution in [0.4, 0.5) is 10.6 Å². The molecule has 4 nitrogen and oxygen atoms in total. The van der Waals surface area contributed by atoms with Gasteiger partial charge in [-0.25, -0.2) is 9.78 Å². The summed E-state index contributed by atoms with van der Waals surface area (Å²) in [5.41, 5.74) is 0. The molecule has 0 fully saturated rings. The van der Waals surface area contributed by atoms with Crippen LogP contribution in [0.3, 0.4) is 0 Å². The maximum atomic E-state index is 11.5. The first kappa shape index (κ1) is 12.4. The van der Waals surface area contributed by atoms with Crippen LogP contribution < -0.4 is 5.32 Å². The van der Waals surface area contributed by atoms with Gasteiger partial charge in [0.1, 0.15) is 5.82 Å². The molecule has 2 rings (SSSR count). The number of aromatic nitrogens is 1. The number of anilines is 1. The van der Waals surface area contributed by atoms with Gasteiger partial charge in [0.15, 0.2) is 0 Å². The standard InChI is InChI=1S/C14H16N2O2/c1-10(2)9-18-14(17)16-13-7-11-5-3-4-6-12(11)8-15-13/h3-8,10H,9H2,1-2H3,(H,15,16,17). The topological polar surface area (TPSA) is 51.2 Å². The van der Waals surface area contributed by atoms with Crippen molar-refractivity contribution in [3.63, 3.8) is 0 Å². The number of ether oxygens (including phenoxy) is 1. The van der Waals surface area contributed by atoms with Gasteiger partial charge in [0.05, 0.1) is 6.61 Å². The highest BCUT2D eigenvalue weighted by molar-refractivity contribution is 5.89. The fraction of sp³-hybridized carbons (Fsp3) is 0.286. The summed E-state index contributed by atoms with van der Waals surface area (Å²) >= 11 is 0. The van der Waals surface area contributed by atoms with Crippen LogP contribution in [0.25, 0.3) is 10.8 Å². The number of fused-ring (bicyclic) bond motifs is 1. The summed E-state index contributed by atoms with van der Waals surface area (Å²) in [6, 6.07) is 9.67. The Kier molecular flexibility index (Phi) is 3.77. The lowest BCUT2D eigenvalue weighted by Gasteiger charge is -2.08. The van der Waals surface area contributed by atoms with Crippen molar-refractivity contribution in [3.05, 3.63) is 36.5 Å². The largest absolute Gasteiger partial charge is 0.449 e. The quantitative estimate of drug-likeness (QED) is 0.899. The van der Waals surface area contributed by atoms with Crippen molar-refractivity contribution in [2.24, 2.45) is 5.92 Å². The van der Waals surface area contributed by atoms with E-state index in [4.69, 9.17) is 4.74 Å². The lowest BCUT2D eigenvalue weighted by Crippen LogP contribution is -2.17. The van der Waals surface area contributed by atoms with Gasteiger partial charge in [-0.05, 0) is 17.4 Å². The van der Waals surface area contributed by atoms with Crippen LogP contribution in [-0.2, 0) is 4.74 Å². The molecule has 0 aliphatic heterocycles. The number of pyridine rings is 1. The first-order valence-corrected chi connectivity index (χ1v) is 5.94. The zero-order chi connectivity index (χ0) is 13.0. The minimum Gasteiger partial charge on any atom is -0.449 e. The monoisotopic (exact) mass is 244 g/mol. The molecule has 1 N–H and O–H groups in total. The van der Waals surface area contributed by atoms with Gasteiger partial charge in [-0.3, -0.25) is 5.32 Å². The highest BCUT2D eigenvalue weighted by Gasteiger charge is 2.05. The van der Waals surface area contributed by atoms with Crippen LogP contribution in [0.1, 0.15) is 13.8 Å². The molecule has 1 aromatic carbocycles. The first-order chi connectivity index (χ1) is 8.65. The highest BCUT2D eigenvalue weighted by atomic mass is 16.5. The number of nitrogens with one attached hydrogen (secondary N) is 1. The summed E-state index contributed by atoms with van der Waals surface area (Å²) in [7, 11) is 0. The van der Waals surface area contributed by atoms with E-state index >= 15 is 0 Å². The summed E-state index contributed by atoms with van der Waals surface area (Å²) in [5, 5.41) is 4.69. The molecule has 0 aliphatic rings. The van der Waals surface area contributed by atoms with E-state index in [2.05, 4.69) is 10.3 Å². The van der Waals surface area contributed by atoms with Crippen LogP contribution >= 0.6 is 0 Å². The molecule has 0 unspecified atom stereocenters. The van der Waals surface area contributed by atoms with E-state index in [1.54, 1.807) is 6.20 Å². The number of amides is 1. The van der Waals surface area contributed by atoms with Crippen molar-refractivity contribution in [1.29, 1.82) is 0 Å². The van der Waals surface area contributed by atoms with Crippen molar-refractivity contribution < 1.29 is 9.53 Å². The SMILES string of the molecule is CC(C)COC(=O)Nc1cc2ccccc2cn1. The third-order valence-corrected chi connectivity index (χ3v) is 2.41. The fourth-order valence-electron chi connectivity index (χ4n) is 1.53. The fourth-order valence-corrected chi connectivity index (χ4v) is 1.53. The molecule has 0 bridgehead atoms. The Hall–Kier alpha value is -2.10. The number of carbonyl (C=O) groups excluding carboxylic acids is 1. The van der Waals surface area contributed by atoms with Crippen molar-refractivity contribution in [1.82, 2.24) is 4.98 Å². The second-order valence-corrected chi connectivity index (χ2v) is 4.53. The molecular formula is C14H16N2O2. The van der Waals surface area contributed by atoms with E-state index < -0.39 is 6.09 Å². The summed E-state index contributed by atoms with van der Waals surface area (Å²) in [5.74, 6) is 0.822. The average Bonchev–Trinajstić information content (AvgIpc) is 2.36. The van der Waals surface area contributed by atoms with Crippen LogP contribution in [0.2, 0.25) is 0 Å². The number of hydrogen-bond donors (Lipinski definition) is 1. The Bertz CT molecular complexity index is 552. The average molecular weight is 244 g/mol. The molecule has 0 saturated carbocycles. The second-order valence-electron chi connectivity index (χ2n) is 4.53. The van der Waals surface area contributed by atoms with Crippen LogP contribution in [0.15, 0.2) is 36.5 Å². The van der Waals surface area contributed by atoms with Crippen molar-refractivity contribution >= 4 is 22.7 Å². The molecule has 0 spiro atoms. The van der Waals surface area contributed by atoms with Crippen LogP contribution in [-0.4, -0.2) is 17.7 Å². The van der Waals surface area contributed by atoms with Gasteiger partial charge in [-0.15, -0.1) is 0 Å². The van der Waals surface area contributed by atoms with Gasteiger partial charge in [-0.1, -0.05) is 38.1 Å². The van der Waals surface area contributed by atoms with Gasteiger partial charge >= 0.3 is 6.09 Å². The number of rotatable bonds is 3. The Morgan fingerprint density at radius 2 is 2.06 bits per heavy atom. The van der Waals surface area contributed by atoms with Gasteiger partial charge in [0.25, 0.3) is 0 Å². The van der Waals surface area contributed by atoms with Crippen molar-refractivity contribution in [2.75, 3.05) is 11.9 Å². The summed E-state index contributed by atoms with van der Waals surface area (Å²) in [6.45, 7) is 4.38. The summed E-state index contributed by atoms with van der Waals surface area (Å²) in [6.07, 6.45) is 1.26. The highest BCUT2D eigenvalue weighted by Crippen LogP contribution is 2.16. The zero-order valence-corrected chi connectivity index (χ0v) is 10.5. The third-order valence-electron chi connectivity index (χ3n) is 2.41. The Labute approximate surface area is 106 Å². The van der Waals surface area contributed by atoms with E-state index in [-0.39, 0.29) is 0 Å². The normalized spacial score (nSPS) is 10.6. The Morgan fingerprint density at radius 3 is 2.78 bits per heavy atom. The lowest BCUT2D eigenvalue weighted by molar-refractivity contribution is 0.147. The number of nitrogens with zero attached hydrogens (tertiary/aromatic N) is 1. The molecular weight excluding hydrogens is 228 g/mol. The molecule has 0 atom stereocenters.